The lowest BCUT2D eigenvalue weighted by molar-refractivity contribution is -0.135. The molecule has 0 aliphatic carbocycles. The molecule has 0 radical (unpaired) electrons. The number of anilines is 2. The number of nitrogens with zero attached hydrogens (tertiary/aromatic N) is 3. The smallest absolute Gasteiger partial charge is 0.389 e. The van der Waals surface area contributed by atoms with E-state index in [1.807, 2.05) is 0 Å². The second-order valence-electron chi connectivity index (χ2n) is 3.50. The zero-order chi connectivity index (χ0) is 13.6. The Morgan fingerprint density at radius 2 is 1.94 bits per heavy atom. The highest BCUT2D eigenvalue weighted by atomic mass is 19.4. The van der Waals surface area contributed by atoms with Crippen LogP contribution in [-0.2, 0) is 0 Å². The molecule has 0 spiro atoms. The number of nitrogens with two attached hydrogens (primary N) is 1. The van der Waals surface area contributed by atoms with Crippen LogP contribution in [0.25, 0.3) is 0 Å². The third-order valence-corrected chi connectivity index (χ3v) is 1.98. The van der Waals surface area contributed by atoms with Gasteiger partial charge in [-0.15, -0.1) is 0 Å². The number of rotatable bonds is 6. The predicted molar refractivity (Wildman–Crippen MR) is 59.2 cm³/mol. The number of aromatic nitrogens is 3. The van der Waals surface area contributed by atoms with E-state index in [0.717, 1.165) is 0 Å². The van der Waals surface area contributed by atoms with Gasteiger partial charge in [0, 0.05) is 13.0 Å². The lowest BCUT2D eigenvalue weighted by atomic mass is 10.2. The second kappa shape index (κ2) is 6.22. The fourth-order valence-corrected chi connectivity index (χ4v) is 1.19. The van der Waals surface area contributed by atoms with Gasteiger partial charge in [-0.3, -0.25) is 0 Å². The van der Waals surface area contributed by atoms with Gasteiger partial charge in [0.15, 0.2) is 0 Å². The third-order valence-electron chi connectivity index (χ3n) is 1.98. The summed E-state index contributed by atoms with van der Waals surface area (Å²) in [4.78, 5) is 11.3. The summed E-state index contributed by atoms with van der Waals surface area (Å²) in [5.41, 5.74) is 5.39. The van der Waals surface area contributed by atoms with Crippen molar-refractivity contribution in [3.8, 4) is 6.01 Å². The molecule has 0 fully saturated rings. The number of ether oxygens (including phenoxy) is 1. The van der Waals surface area contributed by atoms with E-state index >= 15 is 0 Å². The first-order valence-corrected chi connectivity index (χ1v) is 5.27. The molecular formula is C9H14F3N5O. The number of hydrogen-bond acceptors (Lipinski definition) is 6. The molecule has 1 heterocycles. The molecule has 6 nitrogen and oxygen atoms in total. The standard InChI is InChI=1S/C9H14F3N5O/c1-18-8-16-6(13)15-7(17-8)14-5-3-2-4-9(10,11)12/h2-5H2,1H3,(H3,13,14,15,16,17). The zero-order valence-electron chi connectivity index (χ0n) is 9.79. The molecule has 3 N–H and O–H groups in total. The van der Waals surface area contributed by atoms with Crippen LogP contribution in [0.15, 0.2) is 0 Å². The number of nitrogen functional groups attached to an aromatic ring is 1. The minimum Gasteiger partial charge on any atom is -0.467 e. The Morgan fingerprint density at radius 3 is 2.56 bits per heavy atom. The van der Waals surface area contributed by atoms with Crippen molar-refractivity contribution >= 4 is 11.9 Å². The average Bonchev–Trinajstić information content (AvgIpc) is 2.26. The fraction of sp³-hybridized carbons (Fsp3) is 0.667. The summed E-state index contributed by atoms with van der Waals surface area (Å²) in [6, 6.07) is 0.0558. The molecule has 1 rings (SSSR count). The maximum atomic E-state index is 11.9. The molecule has 18 heavy (non-hydrogen) atoms. The number of hydrogen-bond donors (Lipinski definition) is 2. The van der Waals surface area contributed by atoms with Gasteiger partial charge in [0.05, 0.1) is 7.11 Å². The summed E-state index contributed by atoms with van der Waals surface area (Å²) < 4.78 is 40.4. The van der Waals surface area contributed by atoms with Gasteiger partial charge in [-0.25, -0.2) is 0 Å². The van der Waals surface area contributed by atoms with Gasteiger partial charge in [0.1, 0.15) is 0 Å². The van der Waals surface area contributed by atoms with Crippen LogP contribution < -0.4 is 15.8 Å². The molecule has 0 aliphatic rings. The number of methoxy groups -OCH3 is 1. The highest BCUT2D eigenvalue weighted by Crippen LogP contribution is 2.22. The van der Waals surface area contributed by atoms with Crippen molar-refractivity contribution in [1.29, 1.82) is 0 Å². The van der Waals surface area contributed by atoms with E-state index in [0.29, 0.717) is 13.0 Å². The normalized spacial score (nSPS) is 11.3. The Labute approximate surface area is 102 Å². The van der Waals surface area contributed by atoms with Gasteiger partial charge in [-0.05, 0) is 12.8 Å². The van der Waals surface area contributed by atoms with Gasteiger partial charge in [-0.2, -0.15) is 28.1 Å². The maximum absolute atomic E-state index is 11.9. The average molecular weight is 265 g/mol. The Morgan fingerprint density at radius 1 is 1.22 bits per heavy atom. The topological polar surface area (TPSA) is 86.0 Å². The molecule has 102 valence electrons. The van der Waals surface area contributed by atoms with Crippen LogP contribution in [0, 0.1) is 0 Å². The number of halogens is 3. The molecule has 0 unspecified atom stereocenters. The Kier molecular flexibility index (Phi) is 4.93. The molecule has 0 amide bonds. The van der Waals surface area contributed by atoms with Crippen molar-refractivity contribution in [2.45, 2.75) is 25.4 Å². The molecule has 0 saturated carbocycles. The van der Waals surface area contributed by atoms with Crippen LogP contribution >= 0.6 is 0 Å². The molecule has 0 saturated heterocycles. The van der Waals surface area contributed by atoms with Crippen LogP contribution in [0.2, 0.25) is 0 Å². The van der Waals surface area contributed by atoms with Gasteiger partial charge in [0.25, 0.3) is 0 Å². The van der Waals surface area contributed by atoms with Crippen molar-refractivity contribution in [1.82, 2.24) is 15.0 Å². The van der Waals surface area contributed by atoms with E-state index < -0.39 is 12.6 Å². The summed E-state index contributed by atoms with van der Waals surface area (Å²) >= 11 is 0. The summed E-state index contributed by atoms with van der Waals surface area (Å²) in [6.45, 7) is 0.322. The Hall–Kier alpha value is -1.80. The lowest BCUT2D eigenvalue weighted by Crippen LogP contribution is -2.11. The van der Waals surface area contributed by atoms with Gasteiger partial charge in [0.2, 0.25) is 11.9 Å². The summed E-state index contributed by atoms with van der Waals surface area (Å²) in [5.74, 6) is 0.172. The molecule has 0 aromatic carbocycles. The highest BCUT2D eigenvalue weighted by Gasteiger charge is 2.25. The minimum absolute atomic E-state index is 0.0142. The van der Waals surface area contributed by atoms with Gasteiger partial charge >= 0.3 is 12.2 Å². The maximum Gasteiger partial charge on any atom is 0.389 e. The Balaban J connectivity index is 2.33. The molecule has 9 heteroatoms. The summed E-state index contributed by atoms with van der Waals surface area (Å²) in [5, 5.41) is 2.76. The van der Waals surface area contributed by atoms with E-state index in [9.17, 15) is 13.2 Å². The third kappa shape index (κ3) is 5.51. The summed E-state index contributed by atoms with van der Waals surface area (Å²) in [7, 11) is 1.38. The van der Waals surface area contributed by atoms with Crippen molar-refractivity contribution in [2.75, 3.05) is 24.7 Å². The van der Waals surface area contributed by atoms with Crippen LogP contribution in [0.3, 0.4) is 0 Å². The van der Waals surface area contributed by atoms with Crippen LogP contribution in [0.5, 0.6) is 6.01 Å². The van der Waals surface area contributed by atoms with Crippen molar-refractivity contribution in [2.24, 2.45) is 0 Å². The van der Waals surface area contributed by atoms with Crippen molar-refractivity contribution < 1.29 is 17.9 Å². The number of unbranched alkanes of at least 4 members (excludes halogenated alkanes) is 1. The van der Waals surface area contributed by atoms with E-state index in [-0.39, 0.29) is 24.3 Å². The molecule has 1 aromatic heterocycles. The van der Waals surface area contributed by atoms with Crippen LogP contribution in [0.1, 0.15) is 19.3 Å². The van der Waals surface area contributed by atoms with Gasteiger partial charge < -0.3 is 15.8 Å². The molecular weight excluding hydrogens is 251 g/mol. The van der Waals surface area contributed by atoms with Crippen LogP contribution in [-0.4, -0.2) is 34.8 Å². The summed E-state index contributed by atoms with van der Waals surface area (Å²) in [6.07, 6.45) is -4.50. The predicted octanol–water partition coefficient (Wildman–Crippen LogP) is 1.61. The first kappa shape index (κ1) is 14.3. The van der Waals surface area contributed by atoms with E-state index in [1.54, 1.807) is 0 Å². The molecule has 0 aliphatic heterocycles. The molecule has 1 aromatic rings. The lowest BCUT2D eigenvalue weighted by Gasteiger charge is -2.07. The SMILES string of the molecule is COc1nc(N)nc(NCCCCC(F)(F)F)n1. The Bertz CT molecular complexity index is 385. The van der Waals surface area contributed by atoms with E-state index in [1.165, 1.54) is 7.11 Å². The number of alkyl halides is 3. The molecule has 0 bridgehead atoms. The van der Waals surface area contributed by atoms with Crippen molar-refractivity contribution in [3.05, 3.63) is 0 Å². The van der Waals surface area contributed by atoms with Gasteiger partial charge in [-0.1, -0.05) is 0 Å². The fourth-order valence-electron chi connectivity index (χ4n) is 1.19. The molecule has 0 atom stereocenters. The first-order chi connectivity index (χ1) is 8.40. The zero-order valence-corrected chi connectivity index (χ0v) is 9.79. The monoisotopic (exact) mass is 265 g/mol. The number of nitrogens with one attached hydrogen (secondary N) is 1. The van der Waals surface area contributed by atoms with Crippen LogP contribution in [0.4, 0.5) is 25.1 Å². The largest absolute Gasteiger partial charge is 0.467 e. The second-order valence-corrected chi connectivity index (χ2v) is 3.50. The quantitative estimate of drug-likeness (QED) is 0.760. The minimum atomic E-state index is -4.11. The highest BCUT2D eigenvalue weighted by molar-refractivity contribution is 5.32. The van der Waals surface area contributed by atoms with Crippen molar-refractivity contribution in [3.63, 3.8) is 0 Å². The first-order valence-electron chi connectivity index (χ1n) is 5.27. The van der Waals surface area contributed by atoms with E-state index in [2.05, 4.69) is 20.3 Å². The van der Waals surface area contributed by atoms with E-state index in [4.69, 9.17) is 10.5 Å².